The van der Waals surface area contributed by atoms with Gasteiger partial charge in [0.15, 0.2) is 0 Å². The van der Waals surface area contributed by atoms with Crippen molar-refractivity contribution in [3.8, 4) is 0 Å². The molecule has 1 aliphatic heterocycles. The molecule has 0 spiro atoms. The van der Waals surface area contributed by atoms with Gasteiger partial charge in [-0.15, -0.1) is 0 Å². The van der Waals surface area contributed by atoms with E-state index in [0.717, 1.165) is 6.42 Å². The zero-order valence-corrected chi connectivity index (χ0v) is 13.9. The van der Waals surface area contributed by atoms with Gasteiger partial charge in [0, 0.05) is 32.5 Å². The maximum atomic E-state index is 12.2. The Hall–Kier alpha value is -1.59. The topological polar surface area (TPSA) is 77.9 Å². The molecule has 1 fully saturated rings. The average molecular weight is 312 g/mol. The molecule has 126 valence electrons. The summed E-state index contributed by atoms with van der Waals surface area (Å²) in [6.45, 7) is 7.72. The minimum Gasteiger partial charge on any atom is -0.480 e. The molecule has 1 N–H and O–H groups in total. The first kappa shape index (κ1) is 18.5. The summed E-state index contributed by atoms with van der Waals surface area (Å²) in [5.74, 6) is -0.694. The van der Waals surface area contributed by atoms with Gasteiger partial charge < -0.3 is 14.9 Å². The van der Waals surface area contributed by atoms with Gasteiger partial charge in [0.1, 0.15) is 6.04 Å². The number of amides is 2. The molecule has 1 aliphatic rings. The molecule has 0 radical (unpaired) electrons. The van der Waals surface area contributed by atoms with Gasteiger partial charge >= 0.3 is 5.97 Å². The standard InChI is InChI=1S/C16H28N2O4/c1-4-17(5-2)14(19)7-6-8-15(20)18-10-9-12(3)11-13(18)16(21)22/h12-13H,4-11H2,1-3H3,(H,21,22). The van der Waals surface area contributed by atoms with Crippen LogP contribution in [0.25, 0.3) is 0 Å². The summed E-state index contributed by atoms with van der Waals surface area (Å²) in [5.41, 5.74) is 0. The highest BCUT2D eigenvalue weighted by Gasteiger charge is 2.34. The third-order valence-corrected chi connectivity index (χ3v) is 4.37. The molecule has 1 heterocycles. The smallest absolute Gasteiger partial charge is 0.326 e. The first-order valence-electron chi connectivity index (χ1n) is 8.20. The molecule has 0 aromatic heterocycles. The quantitative estimate of drug-likeness (QED) is 0.776. The zero-order chi connectivity index (χ0) is 16.7. The predicted octanol–water partition coefficient (Wildman–Crippen LogP) is 1.74. The molecule has 2 unspecified atom stereocenters. The van der Waals surface area contributed by atoms with Crippen molar-refractivity contribution in [2.24, 2.45) is 5.92 Å². The molecule has 0 aromatic rings. The SMILES string of the molecule is CCN(CC)C(=O)CCCC(=O)N1CCC(C)CC1C(=O)O. The van der Waals surface area contributed by atoms with Crippen molar-refractivity contribution in [1.29, 1.82) is 0 Å². The average Bonchev–Trinajstić information content (AvgIpc) is 2.48. The van der Waals surface area contributed by atoms with Gasteiger partial charge in [0.05, 0.1) is 0 Å². The Labute approximate surface area is 132 Å². The van der Waals surface area contributed by atoms with Crippen LogP contribution in [0.2, 0.25) is 0 Å². The Bertz CT molecular complexity index is 407. The van der Waals surface area contributed by atoms with Crippen molar-refractivity contribution >= 4 is 17.8 Å². The number of carbonyl (C=O) groups is 3. The number of likely N-dealkylation sites (tertiary alicyclic amines) is 1. The van der Waals surface area contributed by atoms with Crippen molar-refractivity contribution in [2.75, 3.05) is 19.6 Å². The summed E-state index contributed by atoms with van der Waals surface area (Å²) >= 11 is 0. The third-order valence-electron chi connectivity index (χ3n) is 4.37. The second kappa shape index (κ2) is 8.76. The summed E-state index contributed by atoms with van der Waals surface area (Å²) in [7, 11) is 0. The van der Waals surface area contributed by atoms with Gasteiger partial charge in [0.25, 0.3) is 0 Å². The fourth-order valence-corrected chi connectivity index (χ4v) is 2.94. The number of carbonyl (C=O) groups excluding carboxylic acids is 2. The molecular formula is C16H28N2O4. The van der Waals surface area contributed by atoms with Gasteiger partial charge in [-0.1, -0.05) is 6.92 Å². The van der Waals surface area contributed by atoms with E-state index in [1.165, 1.54) is 4.90 Å². The predicted molar refractivity (Wildman–Crippen MR) is 83.3 cm³/mol. The number of hydrogen-bond donors (Lipinski definition) is 1. The zero-order valence-electron chi connectivity index (χ0n) is 13.9. The van der Waals surface area contributed by atoms with Gasteiger partial charge in [-0.25, -0.2) is 4.79 Å². The van der Waals surface area contributed by atoms with Gasteiger partial charge in [-0.3, -0.25) is 9.59 Å². The lowest BCUT2D eigenvalue weighted by atomic mass is 9.92. The van der Waals surface area contributed by atoms with Gasteiger partial charge in [0.2, 0.25) is 11.8 Å². The third kappa shape index (κ3) is 5.00. The molecule has 22 heavy (non-hydrogen) atoms. The van der Waals surface area contributed by atoms with Crippen LogP contribution in [0, 0.1) is 5.92 Å². The summed E-state index contributed by atoms with van der Waals surface area (Å²) in [4.78, 5) is 38.7. The Morgan fingerprint density at radius 2 is 1.82 bits per heavy atom. The first-order chi connectivity index (χ1) is 10.4. The fraction of sp³-hybridized carbons (Fsp3) is 0.812. The van der Waals surface area contributed by atoms with Gasteiger partial charge in [-0.2, -0.15) is 0 Å². The van der Waals surface area contributed by atoms with Crippen molar-refractivity contribution in [1.82, 2.24) is 9.80 Å². The van der Waals surface area contributed by atoms with E-state index in [1.807, 2.05) is 20.8 Å². The number of rotatable bonds is 7. The summed E-state index contributed by atoms with van der Waals surface area (Å²) in [6.07, 6.45) is 2.42. The number of hydrogen-bond acceptors (Lipinski definition) is 3. The maximum absolute atomic E-state index is 12.2. The molecule has 2 amide bonds. The van der Waals surface area contributed by atoms with Gasteiger partial charge in [-0.05, 0) is 39.0 Å². The second-order valence-electron chi connectivity index (χ2n) is 5.99. The Morgan fingerprint density at radius 1 is 1.18 bits per heavy atom. The number of piperidine rings is 1. The van der Waals surface area contributed by atoms with Crippen LogP contribution >= 0.6 is 0 Å². The lowest BCUT2D eigenvalue weighted by molar-refractivity contribution is -0.153. The first-order valence-corrected chi connectivity index (χ1v) is 8.20. The molecule has 6 heteroatoms. The van der Waals surface area contributed by atoms with Crippen LogP contribution in [0.15, 0.2) is 0 Å². The minimum atomic E-state index is -0.931. The van der Waals surface area contributed by atoms with Crippen molar-refractivity contribution in [3.05, 3.63) is 0 Å². The molecular weight excluding hydrogens is 284 g/mol. The summed E-state index contributed by atoms with van der Waals surface area (Å²) in [5, 5.41) is 9.27. The van der Waals surface area contributed by atoms with Crippen LogP contribution in [0.1, 0.15) is 52.9 Å². The Morgan fingerprint density at radius 3 is 2.36 bits per heavy atom. The number of aliphatic carboxylic acids is 1. The van der Waals surface area contributed by atoms with Crippen molar-refractivity contribution < 1.29 is 19.5 Å². The molecule has 6 nitrogen and oxygen atoms in total. The van der Waals surface area contributed by atoms with Crippen LogP contribution < -0.4 is 0 Å². The monoisotopic (exact) mass is 312 g/mol. The maximum Gasteiger partial charge on any atom is 0.326 e. The van der Waals surface area contributed by atoms with Crippen LogP contribution in [0.3, 0.4) is 0 Å². The van der Waals surface area contributed by atoms with Crippen LogP contribution in [0.4, 0.5) is 0 Å². The summed E-state index contributed by atoms with van der Waals surface area (Å²) < 4.78 is 0. The molecule has 0 aliphatic carbocycles. The van der Waals surface area contributed by atoms with E-state index >= 15 is 0 Å². The normalized spacial score (nSPS) is 21.5. The molecule has 2 atom stereocenters. The van der Waals surface area contributed by atoms with E-state index in [1.54, 1.807) is 4.90 Å². The van der Waals surface area contributed by atoms with Crippen molar-refractivity contribution in [3.63, 3.8) is 0 Å². The van der Waals surface area contributed by atoms with E-state index in [2.05, 4.69) is 0 Å². The molecule has 0 aromatic carbocycles. The van der Waals surface area contributed by atoms with E-state index in [0.29, 0.717) is 44.8 Å². The largest absolute Gasteiger partial charge is 0.480 e. The van der Waals surface area contributed by atoms with E-state index < -0.39 is 12.0 Å². The molecule has 0 saturated carbocycles. The van der Waals surface area contributed by atoms with E-state index in [4.69, 9.17) is 0 Å². The molecule has 0 bridgehead atoms. The highest BCUT2D eigenvalue weighted by atomic mass is 16.4. The van der Waals surface area contributed by atoms with Crippen LogP contribution in [-0.2, 0) is 14.4 Å². The lowest BCUT2D eigenvalue weighted by Gasteiger charge is -2.36. The summed E-state index contributed by atoms with van der Waals surface area (Å²) in [6, 6.07) is -0.713. The second-order valence-corrected chi connectivity index (χ2v) is 5.99. The molecule has 1 rings (SSSR count). The Kier molecular flexibility index (Phi) is 7.35. The van der Waals surface area contributed by atoms with Crippen molar-refractivity contribution in [2.45, 2.75) is 58.9 Å². The van der Waals surface area contributed by atoms with Crippen LogP contribution in [0.5, 0.6) is 0 Å². The molecule has 1 saturated heterocycles. The van der Waals surface area contributed by atoms with E-state index in [9.17, 15) is 19.5 Å². The minimum absolute atomic E-state index is 0.0554. The van der Waals surface area contributed by atoms with Crippen LogP contribution in [-0.4, -0.2) is 58.4 Å². The fourth-order valence-electron chi connectivity index (χ4n) is 2.94. The Balaban J connectivity index is 2.47. The van der Waals surface area contributed by atoms with E-state index in [-0.39, 0.29) is 18.2 Å². The lowest BCUT2D eigenvalue weighted by Crippen LogP contribution is -2.49. The number of carboxylic acids is 1. The number of carboxylic acid groups (broad SMARTS) is 1. The highest BCUT2D eigenvalue weighted by molar-refractivity contribution is 5.84. The highest BCUT2D eigenvalue weighted by Crippen LogP contribution is 2.23. The number of nitrogens with zero attached hydrogens (tertiary/aromatic N) is 2.